The van der Waals surface area contributed by atoms with Crippen LogP contribution >= 0.6 is 0 Å². The Hall–Kier alpha value is -1.76. The normalized spacial score (nSPS) is 10.8. The lowest BCUT2D eigenvalue weighted by atomic mass is 10.0. The van der Waals surface area contributed by atoms with Crippen LogP contribution in [0.5, 0.6) is 5.75 Å². The van der Waals surface area contributed by atoms with Gasteiger partial charge in [-0.1, -0.05) is 88.3 Å². The van der Waals surface area contributed by atoms with Crippen LogP contribution in [0, 0.1) is 6.92 Å². The van der Waals surface area contributed by atoms with Gasteiger partial charge >= 0.3 is 0 Å². The summed E-state index contributed by atoms with van der Waals surface area (Å²) in [5.74, 6) is 0.982. The van der Waals surface area contributed by atoms with Gasteiger partial charge in [-0.3, -0.25) is 0 Å². The van der Waals surface area contributed by atoms with Crippen molar-refractivity contribution < 1.29 is 4.74 Å². The minimum atomic E-state index is 0.832. The van der Waals surface area contributed by atoms with E-state index in [1.165, 1.54) is 61.6 Å². The molecule has 1 heteroatoms. The van der Waals surface area contributed by atoms with Gasteiger partial charge in [-0.05, 0) is 42.2 Å². The lowest BCUT2D eigenvalue weighted by molar-refractivity contribution is 0.304. The predicted molar refractivity (Wildman–Crippen MR) is 105 cm³/mol. The average molecular weight is 325 g/mol. The monoisotopic (exact) mass is 324 g/mol. The van der Waals surface area contributed by atoms with Crippen LogP contribution in [0.25, 0.3) is 11.1 Å². The molecule has 0 fully saturated rings. The molecule has 2 rings (SSSR count). The summed E-state index contributed by atoms with van der Waals surface area (Å²) in [5.41, 5.74) is 3.87. The van der Waals surface area contributed by atoms with Gasteiger partial charge in [0.15, 0.2) is 0 Å². The summed E-state index contributed by atoms with van der Waals surface area (Å²) >= 11 is 0. The third-order valence-corrected chi connectivity index (χ3v) is 4.58. The van der Waals surface area contributed by atoms with Crippen LogP contribution in [0.15, 0.2) is 48.5 Å². The molecule has 2 aromatic carbocycles. The molecule has 0 amide bonds. The maximum atomic E-state index is 5.87. The fraction of sp³-hybridized carbons (Fsp3) is 0.478. The Labute approximate surface area is 148 Å². The summed E-state index contributed by atoms with van der Waals surface area (Å²) in [5, 5.41) is 0. The van der Waals surface area contributed by atoms with E-state index in [2.05, 4.69) is 62.4 Å². The highest BCUT2D eigenvalue weighted by Crippen LogP contribution is 2.25. The smallest absolute Gasteiger partial charge is 0.119 e. The molecule has 0 heterocycles. The number of unbranched alkanes of at least 4 members (excludes halogenated alkanes) is 7. The minimum absolute atomic E-state index is 0.832. The zero-order valence-electron chi connectivity index (χ0n) is 15.4. The third kappa shape index (κ3) is 6.39. The lowest BCUT2D eigenvalue weighted by Gasteiger charge is -2.09. The standard InChI is InChI=1S/C23H32O/c1-3-4-5-6-7-8-9-12-19-24-22-17-15-21(16-18-22)23-14-11-10-13-20(23)2/h10-11,13-18H,3-9,12,19H2,1-2H3. The molecule has 0 N–H and O–H groups in total. The predicted octanol–water partition coefficient (Wildman–Crippen LogP) is 7.18. The largest absolute Gasteiger partial charge is 0.494 e. The maximum Gasteiger partial charge on any atom is 0.119 e. The van der Waals surface area contributed by atoms with Crippen LogP contribution in [0.2, 0.25) is 0 Å². The molecular weight excluding hydrogens is 292 g/mol. The molecule has 0 spiro atoms. The van der Waals surface area contributed by atoms with Crippen molar-refractivity contribution in [3.8, 4) is 16.9 Å². The molecule has 0 unspecified atom stereocenters. The van der Waals surface area contributed by atoms with Gasteiger partial charge in [0.05, 0.1) is 6.61 Å². The number of ether oxygens (including phenoxy) is 1. The zero-order valence-corrected chi connectivity index (χ0v) is 15.4. The molecule has 0 aliphatic heterocycles. The van der Waals surface area contributed by atoms with Crippen molar-refractivity contribution in [1.82, 2.24) is 0 Å². The van der Waals surface area contributed by atoms with Crippen LogP contribution < -0.4 is 4.74 Å². The quantitative estimate of drug-likeness (QED) is 0.398. The van der Waals surface area contributed by atoms with E-state index in [4.69, 9.17) is 4.74 Å². The van der Waals surface area contributed by atoms with Gasteiger partial charge in [-0.2, -0.15) is 0 Å². The first-order valence-electron chi connectivity index (χ1n) is 9.60. The summed E-state index contributed by atoms with van der Waals surface area (Å²) in [4.78, 5) is 0. The van der Waals surface area contributed by atoms with Gasteiger partial charge in [0, 0.05) is 0 Å². The summed E-state index contributed by atoms with van der Waals surface area (Å²) in [7, 11) is 0. The van der Waals surface area contributed by atoms with E-state index in [1.807, 2.05) is 0 Å². The highest BCUT2D eigenvalue weighted by atomic mass is 16.5. The van der Waals surface area contributed by atoms with Crippen molar-refractivity contribution >= 4 is 0 Å². The molecule has 0 aliphatic carbocycles. The summed E-state index contributed by atoms with van der Waals surface area (Å²) in [6, 6.07) is 17.0. The second-order valence-electron chi connectivity index (χ2n) is 6.66. The van der Waals surface area contributed by atoms with Crippen LogP contribution in [0.3, 0.4) is 0 Å². The zero-order chi connectivity index (χ0) is 17.0. The molecule has 0 aliphatic rings. The van der Waals surface area contributed by atoms with Crippen LogP contribution in [-0.4, -0.2) is 6.61 Å². The second kappa shape index (κ2) is 10.9. The summed E-state index contributed by atoms with van der Waals surface area (Å²) in [6.07, 6.45) is 10.7. The van der Waals surface area contributed by atoms with Crippen molar-refractivity contribution in [2.75, 3.05) is 6.61 Å². The Kier molecular flexibility index (Phi) is 8.45. The number of rotatable bonds is 11. The number of hydrogen-bond acceptors (Lipinski definition) is 1. The van der Waals surface area contributed by atoms with E-state index in [0.29, 0.717) is 0 Å². The molecule has 0 saturated carbocycles. The number of hydrogen-bond donors (Lipinski definition) is 0. The molecule has 2 aromatic rings. The molecule has 0 bridgehead atoms. The molecule has 0 aromatic heterocycles. The van der Waals surface area contributed by atoms with E-state index in [9.17, 15) is 0 Å². The fourth-order valence-corrected chi connectivity index (χ4v) is 3.05. The molecule has 24 heavy (non-hydrogen) atoms. The van der Waals surface area contributed by atoms with Crippen molar-refractivity contribution in [2.45, 2.75) is 65.2 Å². The second-order valence-corrected chi connectivity index (χ2v) is 6.66. The van der Waals surface area contributed by atoms with E-state index in [1.54, 1.807) is 0 Å². The summed E-state index contributed by atoms with van der Waals surface area (Å²) in [6.45, 7) is 5.26. The maximum absolute atomic E-state index is 5.87. The molecule has 0 saturated heterocycles. The van der Waals surface area contributed by atoms with Crippen LogP contribution in [0.1, 0.15) is 63.9 Å². The first-order chi connectivity index (χ1) is 11.8. The topological polar surface area (TPSA) is 9.23 Å². The molecule has 0 atom stereocenters. The SMILES string of the molecule is CCCCCCCCCCOc1ccc(-c2ccccc2C)cc1. The van der Waals surface area contributed by atoms with Crippen molar-refractivity contribution in [3.63, 3.8) is 0 Å². The van der Waals surface area contributed by atoms with E-state index in [0.717, 1.165) is 18.8 Å². The van der Waals surface area contributed by atoms with Gasteiger partial charge in [0.2, 0.25) is 0 Å². The fourth-order valence-electron chi connectivity index (χ4n) is 3.05. The van der Waals surface area contributed by atoms with Gasteiger partial charge in [0.1, 0.15) is 5.75 Å². The van der Waals surface area contributed by atoms with E-state index >= 15 is 0 Å². The minimum Gasteiger partial charge on any atom is -0.494 e. The highest BCUT2D eigenvalue weighted by Gasteiger charge is 2.01. The Bertz CT molecular complexity index is 571. The highest BCUT2D eigenvalue weighted by molar-refractivity contribution is 5.67. The first kappa shape index (κ1) is 18.6. The van der Waals surface area contributed by atoms with Gasteiger partial charge in [-0.25, -0.2) is 0 Å². The average Bonchev–Trinajstić information content (AvgIpc) is 2.61. The lowest BCUT2D eigenvalue weighted by Crippen LogP contribution is -1.97. The number of aryl methyl sites for hydroxylation is 1. The van der Waals surface area contributed by atoms with Gasteiger partial charge in [-0.15, -0.1) is 0 Å². The molecule has 1 nitrogen and oxygen atoms in total. The van der Waals surface area contributed by atoms with Crippen molar-refractivity contribution in [1.29, 1.82) is 0 Å². The Morgan fingerprint density at radius 2 is 1.33 bits per heavy atom. The van der Waals surface area contributed by atoms with Gasteiger partial charge in [0.25, 0.3) is 0 Å². The molecule has 0 radical (unpaired) electrons. The molecular formula is C23H32O. The number of benzene rings is 2. The van der Waals surface area contributed by atoms with Gasteiger partial charge < -0.3 is 4.74 Å². The van der Waals surface area contributed by atoms with Crippen molar-refractivity contribution in [3.05, 3.63) is 54.1 Å². The Balaban J connectivity index is 1.65. The van der Waals surface area contributed by atoms with Crippen LogP contribution in [0.4, 0.5) is 0 Å². The Morgan fingerprint density at radius 1 is 0.708 bits per heavy atom. The van der Waals surface area contributed by atoms with E-state index < -0.39 is 0 Å². The molecule has 130 valence electrons. The van der Waals surface area contributed by atoms with Crippen LogP contribution in [-0.2, 0) is 0 Å². The summed E-state index contributed by atoms with van der Waals surface area (Å²) < 4.78 is 5.87. The third-order valence-electron chi connectivity index (χ3n) is 4.58. The first-order valence-corrected chi connectivity index (χ1v) is 9.60. The van der Waals surface area contributed by atoms with E-state index in [-0.39, 0.29) is 0 Å². The Morgan fingerprint density at radius 3 is 2.00 bits per heavy atom. The van der Waals surface area contributed by atoms with Crippen molar-refractivity contribution in [2.24, 2.45) is 0 Å².